The van der Waals surface area contributed by atoms with Gasteiger partial charge < -0.3 is 9.64 Å². The van der Waals surface area contributed by atoms with Crippen molar-refractivity contribution >= 4 is 23.2 Å². The highest BCUT2D eigenvalue weighted by Gasteiger charge is 2.57. The van der Waals surface area contributed by atoms with Crippen LogP contribution in [0, 0.1) is 0 Å². The van der Waals surface area contributed by atoms with E-state index < -0.39 is 11.0 Å². The summed E-state index contributed by atoms with van der Waals surface area (Å²) in [5, 5.41) is 2.03. The van der Waals surface area contributed by atoms with E-state index in [1.807, 2.05) is 40.1 Å². The van der Waals surface area contributed by atoms with Crippen LogP contribution in [0.4, 0.5) is 0 Å². The number of thiazole rings is 1. The first-order chi connectivity index (χ1) is 14.6. The summed E-state index contributed by atoms with van der Waals surface area (Å²) in [5.74, 6) is -0.125. The van der Waals surface area contributed by atoms with E-state index in [9.17, 15) is 9.59 Å². The molecule has 150 valence electrons. The summed E-state index contributed by atoms with van der Waals surface area (Å²) in [7, 11) is 0. The van der Waals surface area contributed by atoms with Gasteiger partial charge in [0.05, 0.1) is 28.7 Å². The van der Waals surface area contributed by atoms with Crippen LogP contribution in [0.25, 0.3) is 11.3 Å². The van der Waals surface area contributed by atoms with Crippen molar-refractivity contribution in [1.82, 2.24) is 9.88 Å². The Morgan fingerprint density at radius 1 is 1.07 bits per heavy atom. The van der Waals surface area contributed by atoms with Gasteiger partial charge in [-0.15, -0.1) is 11.3 Å². The molecule has 5 nitrogen and oxygen atoms in total. The van der Waals surface area contributed by atoms with Crippen LogP contribution in [0.5, 0.6) is 0 Å². The SMILES string of the molecule is O=C1OC2(CCN(C(=O)C3(c4ccc(-c5cscn5)cc4)CC3)C2)c2ccccc21. The lowest BCUT2D eigenvalue weighted by Crippen LogP contribution is -2.40. The largest absolute Gasteiger partial charge is 0.449 e. The number of ether oxygens (including phenoxy) is 1. The van der Waals surface area contributed by atoms with Gasteiger partial charge in [0.1, 0.15) is 0 Å². The summed E-state index contributed by atoms with van der Waals surface area (Å²) in [4.78, 5) is 32.1. The molecule has 2 aliphatic heterocycles. The van der Waals surface area contributed by atoms with Crippen LogP contribution in [0.1, 0.15) is 40.7 Å². The van der Waals surface area contributed by atoms with Crippen molar-refractivity contribution in [3.8, 4) is 11.3 Å². The standard InChI is InChI=1S/C24H20N2O3S/c27-21-18-3-1-2-4-19(18)24(29-21)11-12-26(14-24)22(28)23(9-10-23)17-7-5-16(6-8-17)20-13-30-15-25-20/h1-8,13,15H,9-12,14H2. The van der Waals surface area contributed by atoms with Crippen LogP contribution < -0.4 is 0 Å². The van der Waals surface area contributed by atoms with Gasteiger partial charge in [0.15, 0.2) is 5.60 Å². The molecule has 1 unspecified atom stereocenters. The van der Waals surface area contributed by atoms with E-state index in [4.69, 9.17) is 4.74 Å². The number of carbonyl (C=O) groups is 2. The minimum atomic E-state index is -0.687. The fourth-order valence-electron chi connectivity index (χ4n) is 4.97. The predicted molar refractivity (Wildman–Crippen MR) is 113 cm³/mol. The quantitative estimate of drug-likeness (QED) is 0.602. The molecule has 6 rings (SSSR count). The van der Waals surface area contributed by atoms with Gasteiger partial charge in [-0.1, -0.05) is 42.5 Å². The molecule has 30 heavy (non-hydrogen) atoms. The maximum Gasteiger partial charge on any atom is 0.339 e. The molecule has 1 amide bonds. The number of aromatic nitrogens is 1. The van der Waals surface area contributed by atoms with E-state index in [1.54, 1.807) is 11.3 Å². The van der Waals surface area contributed by atoms with Crippen LogP contribution in [0.15, 0.2) is 59.4 Å². The van der Waals surface area contributed by atoms with Gasteiger partial charge in [0.25, 0.3) is 0 Å². The Balaban J connectivity index is 1.25. The van der Waals surface area contributed by atoms with Gasteiger partial charge in [-0.3, -0.25) is 4.79 Å². The second kappa shape index (κ2) is 6.25. The Kier molecular flexibility index (Phi) is 3.72. The fourth-order valence-corrected chi connectivity index (χ4v) is 5.53. The summed E-state index contributed by atoms with van der Waals surface area (Å²) in [6.07, 6.45) is 2.38. The van der Waals surface area contributed by atoms with Crippen molar-refractivity contribution in [2.75, 3.05) is 13.1 Å². The van der Waals surface area contributed by atoms with Crippen LogP contribution in [-0.2, 0) is 20.5 Å². The zero-order valence-corrected chi connectivity index (χ0v) is 17.2. The van der Waals surface area contributed by atoms with Crippen molar-refractivity contribution in [3.63, 3.8) is 0 Å². The third kappa shape index (κ3) is 2.50. The average molecular weight is 417 g/mol. The molecule has 3 aliphatic rings. The molecular formula is C24H20N2O3S. The zero-order valence-electron chi connectivity index (χ0n) is 16.3. The van der Waals surface area contributed by atoms with E-state index in [1.165, 1.54) is 0 Å². The molecule has 2 aromatic carbocycles. The third-order valence-corrected chi connectivity index (χ3v) is 7.36. The summed E-state index contributed by atoms with van der Waals surface area (Å²) in [5.41, 5.74) is 5.35. The van der Waals surface area contributed by atoms with Gasteiger partial charge in [-0.2, -0.15) is 0 Å². The van der Waals surface area contributed by atoms with E-state index in [0.717, 1.165) is 35.2 Å². The van der Waals surface area contributed by atoms with Crippen LogP contribution in [0.2, 0.25) is 0 Å². The van der Waals surface area contributed by atoms with Crippen molar-refractivity contribution in [2.24, 2.45) is 0 Å². The number of hydrogen-bond acceptors (Lipinski definition) is 5. The molecule has 3 heterocycles. The summed E-state index contributed by atoms with van der Waals surface area (Å²) >= 11 is 1.57. The van der Waals surface area contributed by atoms with Gasteiger partial charge in [0.2, 0.25) is 5.91 Å². The number of carbonyl (C=O) groups excluding carboxylic acids is 2. The van der Waals surface area contributed by atoms with Crippen LogP contribution in [0.3, 0.4) is 0 Å². The Bertz CT molecular complexity index is 1150. The maximum atomic E-state index is 13.6. The molecule has 1 saturated heterocycles. The molecule has 1 atom stereocenters. The number of benzene rings is 2. The molecular weight excluding hydrogens is 396 g/mol. The number of amides is 1. The predicted octanol–water partition coefficient (Wildman–Crippen LogP) is 4.14. The second-order valence-corrected chi connectivity index (χ2v) is 9.16. The highest BCUT2D eigenvalue weighted by Crippen LogP contribution is 2.52. The van der Waals surface area contributed by atoms with E-state index >= 15 is 0 Å². The highest BCUT2D eigenvalue weighted by atomic mass is 32.1. The number of nitrogens with zero attached hydrogens (tertiary/aromatic N) is 2. The molecule has 1 saturated carbocycles. The zero-order chi connectivity index (χ0) is 20.3. The topological polar surface area (TPSA) is 59.5 Å². The number of esters is 1. The lowest BCUT2D eigenvalue weighted by molar-refractivity contribution is -0.134. The van der Waals surface area contributed by atoms with Crippen molar-refractivity contribution in [2.45, 2.75) is 30.3 Å². The van der Waals surface area contributed by atoms with Crippen molar-refractivity contribution in [3.05, 3.63) is 76.1 Å². The first kappa shape index (κ1) is 17.8. The first-order valence-corrected chi connectivity index (χ1v) is 11.2. The van der Waals surface area contributed by atoms with Crippen molar-refractivity contribution < 1.29 is 14.3 Å². The highest BCUT2D eigenvalue weighted by molar-refractivity contribution is 7.07. The van der Waals surface area contributed by atoms with Crippen LogP contribution >= 0.6 is 11.3 Å². The second-order valence-electron chi connectivity index (χ2n) is 8.44. The molecule has 1 aliphatic carbocycles. The summed E-state index contributed by atoms with van der Waals surface area (Å²) in [6.45, 7) is 1.05. The Morgan fingerprint density at radius 2 is 1.87 bits per heavy atom. The lowest BCUT2D eigenvalue weighted by atomic mass is 9.91. The molecule has 2 fully saturated rings. The third-order valence-electron chi connectivity index (χ3n) is 6.77. The molecule has 0 N–H and O–H groups in total. The monoisotopic (exact) mass is 416 g/mol. The number of rotatable bonds is 3. The fraction of sp³-hybridized carbons (Fsp3) is 0.292. The van der Waals surface area contributed by atoms with Gasteiger partial charge >= 0.3 is 5.97 Å². The first-order valence-electron chi connectivity index (χ1n) is 10.2. The van der Waals surface area contributed by atoms with E-state index in [2.05, 4.69) is 29.2 Å². The molecule has 0 radical (unpaired) electrons. The lowest BCUT2D eigenvalue weighted by Gasteiger charge is -2.27. The van der Waals surface area contributed by atoms with E-state index in [0.29, 0.717) is 25.1 Å². The number of fused-ring (bicyclic) bond motifs is 2. The summed E-state index contributed by atoms with van der Waals surface area (Å²) < 4.78 is 5.82. The number of hydrogen-bond donors (Lipinski definition) is 0. The van der Waals surface area contributed by atoms with Gasteiger partial charge in [0, 0.05) is 29.5 Å². The Labute approximate surface area is 178 Å². The minimum Gasteiger partial charge on any atom is -0.449 e. The minimum absolute atomic E-state index is 0.154. The van der Waals surface area contributed by atoms with Gasteiger partial charge in [-0.25, -0.2) is 9.78 Å². The molecule has 6 heteroatoms. The molecule has 0 bridgehead atoms. The maximum absolute atomic E-state index is 13.6. The normalized spacial score (nSPS) is 23.5. The molecule has 1 spiro atoms. The summed E-state index contributed by atoms with van der Waals surface area (Å²) in [6, 6.07) is 15.8. The van der Waals surface area contributed by atoms with Crippen LogP contribution in [-0.4, -0.2) is 34.8 Å². The Hall–Kier alpha value is -2.99. The smallest absolute Gasteiger partial charge is 0.339 e. The molecule has 1 aromatic heterocycles. The van der Waals surface area contributed by atoms with Gasteiger partial charge in [-0.05, 0) is 24.5 Å². The average Bonchev–Trinajstić information content (AvgIpc) is 3.13. The van der Waals surface area contributed by atoms with E-state index in [-0.39, 0.29) is 11.9 Å². The Morgan fingerprint density at radius 3 is 2.60 bits per heavy atom. The number of likely N-dealkylation sites (tertiary alicyclic amines) is 1. The molecule has 3 aromatic rings. The van der Waals surface area contributed by atoms with Crippen molar-refractivity contribution in [1.29, 1.82) is 0 Å².